The molecule has 7 heteroatoms. The van der Waals surface area contributed by atoms with E-state index in [0.29, 0.717) is 18.7 Å². The van der Waals surface area contributed by atoms with Crippen molar-refractivity contribution in [2.24, 2.45) is 0 Å². The van der Waals surface area contributed by atoms with Gasteiger partial charge in [0.1, 0.15) is 0 Å². The molecule has 6 nitrogen and oxygen atoms in total. The van der Waals surface area contributed by atoms with Gasteiger partial charge in [-0.3, -0.25) is 4.79 Å². The van der Waals surface area contributed by atoms with Crippen molar-refractivity contribution in [1.29, 1.82) is 0 Å². The Hall–Kier alpha value is -2.22. The van der Waals surface area contributed by atoms with Crippen LogP contribution in [0.1, 0.15) is 41.8 Å². The SMILES string of the molecule is C[C@H]1CN(S(=O)(=O)c2ccc(C(=O)Nc3ccc4c(c3)CCC4)cc2)C[C@H](C)O1. The third-order valence-electron chi connectivity index (χ3n) is 5.50. The van der Waals surface area contributed by atoms with Gasteiger partial charge in [-0.2, -0.15) is 4.31 Å². The average Bonchev–Trinajstić information content (AvgIpc) is 3.15. The highest BCUT2D eigenvalue weighted by Gasteiger charge is 2.32. The van der Waals surface area contributed by atoms with Gasteiger partial charge in [0.15, 0.2) is 0 Å². The van der Waals surface area contributed by atoms with E-state index in [0.717, 1.165) is 24.9 Å². The van der Waals surface area contributed by atoms with Gasteiger partial charge < -0.3 is 10.1 Å². The number of ether oxygens (including phenoxy) is 1. The van der Waals surface area contributed by atoms with Crippen molar-refractivity contribution in [2.45, 2.75) is 50.2 Å². The first-order valence-corrected chi connectivity index (χ1v) is 11.5. The lowest BCUT2D eigenvalue weighted by Gasteiger charge is -2.34. The van der Waals surface area contributed by atoms with Crippen molar-refractivity contribution in [2.75, 3.05) is 18.4 Å². The molecule has 0 spiro atoms. The molecule has 1 heterocycles. The van der Waals surface area contributed by atoms with Crippen molar-refractivity contribution >= 4 is 21.6 Å². The van der Waals surface area contributed by atoms with E-state index in [2.05, 4.69) is 11.4 Å². The summed E-state index contributed by atoms with van der Waals surface area (Å²) < 4.78 is 32.9. The predicted molar refractivity (Wildman–Crippen MR) is 112 cm³/mol. The Morgan fingerprint density at radius 2 is 1.66 bits per heavy atom. The van der Waals surface area contributed by atoms with Crippen LogP contribution in [0.4, 0.5) is 5.69 Å². The highest BCUT2D eigenvalue weighted by atomic mass is 32.2. The molecule has 1 amide bonds. The van der Waals surface area contributed by atoms with Crippen LogP contribution in [-0.4, -0.2) is 43.9 Å². The second-order valence-corrected chi connectivity index (χ2v) is 9.83. The minimum absolute atomic E-state index is 0.147. The zero-order valence-corrected chi connectivity index (χ0v) is 17.5. The molecule has 0 saturated carbocycles. The summed E-state index contributed by atoms with van der Waals surface area (Å²) in [5, 5.41) is 2.91. The van der Waals surface area contributed by atoms with Crippen LogP contribution in [0.3, 0.4) is 0 Å². The fraction of sp³-hybridized carbons (Fsp3) is 0.409. The van der Waals surface area contributed by atoms with Gasteiger partial charge >= 0.3 is 0 Å². The molecule has 1 aliphatic carbocycles. The molecule has 0 aromatic heterocycles. The Labute approximate surface area is 171 Å². The lowest BCUT2D eigenvalue weighted by atomic mass is 10.1. The number of aryl methyl sites for hydroxylation is 2. The number of nitrogens with one attached hydrogen (secondary N) is 1. The molecule has 0 radical (unpaired) electrons. The standard InChI is InChI=1S/C22H26N2O4S/c1-15-13-24(14-16(2)28-15)29(26,27)21-10-7-18(8-11-21)22(25)23-20-9-6-17-4-3-5-19(17)12-20/h6-12,15-16H,3-5,13-14H2,1-2H3,(H,23,25)/t15-,16-/m0/s1. The highest BCUT2D eigenvalue weighted by Crippen LogP contribution is 2.25. The van der Waals surface area contributed by atoms with Crippen molar-refractivity contribution in [3.63, 3.8) is 0 Å². The molecule has 2 aliphatic rings. The molecule has 0 bridgehead atoms. The number of anilines is 1. The number of carbonyl (C=O) groups is 1. The second-order valence-electron chi connectivity index (χ2n) is 7.89. The van der Waals surface area contributed by atoms with Gasteiger partial charge in [0, 0.05) is 24.3 Å². The Kier molecular flexibility index (Phi) is 5.46. The molecule has 1 aliphatic heterocycles. The van der Waals surface area contributed by atoms with Crippen molar-refractivity contribution in [3.05, 3.63) is 59.2 Å². The quantitative estimate of drug-likeness (QED) is 0.834. The normalized spacial score (nSPS) is 22.3. The van der Waals surface area contributed by atoms with Gasteiger partial charge in [-0.1, -0.05) is 6.07 Å². The number of rotatable bonds is 4. The number of nitrogens with zero attached hydrogens (tertiary/aromatic N) is 1. The third-order valence-corrected chi connectivity index (χ3v) is 7.34. The molecule has 2 atom stereocenters. The molecule has 0 unspecified atom stereocenters. The first-order valence-electron chi connectivity index (χ1n) is 10.0. The lowest BCUT2D eigenvalue weighted by molar-refractivity contribution is -0.0440. The first-order chi connectivity index (χ1) is 13.8. The van der Waals surface area contributed by atoms with Crippen LogP contribution in [0, 0.1) is 0 Å². The topological polar surface area (TPSA) is 75.7 Å². The number of benzene rings is 2. The molecule has 4 rings (SSSR count). The highest BCUT2D eigenvalue weighted by molar-refractivity contribution is 7.89. The van der Waals surface area contributed by atoms with E-state index >= 15 is 0 Å². The Balaban J connectivity index is 1.47. The van der Waals surface area contributed by atoms with Crippen LogP contribution < -0.4 is 5.32 Å². The molecule has 2 aromatic carbocycles. The summed E-state index contributed by atoms with van der Waals surface area (Å²) in [6.45, 7) is 4.38. The minimum Gasteiger partial charge on any atom is -0.373 e. The van der Waals surface area contributed by atoms with Crippen LogP contribution >= 0.6 is 0 Å². The summed E-state index contributed by atoms with van der Waals surface area (Å²) in [6.07, 6.45) is 3.00. The summed E-state index contributed by atoms with van der Waals surface area (Å²) in [6, 6.07) is 12.1. The van der Waals surface area contributed by atoms with Gasteiger partial charge in [-0.05, 0) is 80.6 Å². The van der Waals surface area contributed by atoms with E-state index in [9.17, 15) is 13.2 Å². The summed E-state index contributed by atoms with van der Waals surface area (Å²) in [7, 11) is -3.61. The van der Waals surface area contributed by atoms with E-state index in [4.69, 9.17) is 4.74 Å². The number of sulfonamides is 1. The zero-order valence-electron chi connectivity index (χ0n) is 16.7. The average molecular weight is 415 g/mol. The zero-order chi connectivity index (χ0) is 20.6. The summed E-state index contributed by atoms with van der Waals surface area (Å²) in [5.74, 6) is -0.250. The molecular weight excluding hydrogens is 388 g/mol. The molecule has 29 heavy (non-hydrogen) atoms. The van der Waals surface area contributed by atoms with Gasteiger partial charge in [-0.25, -0.2) is 8.42 Å². The number of morpholine rings is 1. The van der Waals surface area contributed by atoms with Crippen molar-refractivity contribution < 1.29 is 17.9 Å². The summed E-state index contributed by atoms with van der Waals surface area (Å²) in [5.41, 5.74) is 3.83. The van der Waals surface area contributed by atoms with Crippen LogP contribution in [0.2, 0.25) is 0 Å². The van der Waals surface area contributed by atoms with Crippen LogP contribution in [-0.2, 0) is 27.6 Å². The number of fused-ring (bicyclic) bond motifs is 1. The smallest absolute Gasteiger partial charge is 0.255 e. The molecule has 1 N–H and O–H groups in total. The Morgan fingerprint density at radius 1 is 1.00 bits per heavy atom. The summed E-state index contributed by atoms with van der Waals surface area (Å²) in [4.78, 5) is 12.8. The number of carbonyl (C=O) groups excluding carboxylic acids is 1. The first kappa shape index (κ1) is 20.1. The van der Waals surface area contributed by atoms with Gasteiger partial charge in [0.25, 0.3) is 5.91 Å². The third kappa shape index (κ3) is 4.22. The molecule has 1 saturated heterocycles. The number of hydrogen-bond donors (Lipinski definition) is 1. The van der Waals surface area contributed by atoms with E-state index in [1.165, 1.54) is 27.6 Å². The maximum Gasteiger partial charge on any atom is 0.255 e. The maximum atomic E-state index is 12.9. The minimum atomic E-state index is -3.61. The molecule has 2 aromatic rings. The van der Waals surface area contributed by atoms with Crippen LogP contribution in [0.5, 0.6) is 0 Å². The monoisotopic (exact) mass is 414 g/mol. The molecule has 1 fully saturated rings. The lowest BCUT2D eigenvalue weighted by Crippen LogP contribution is -2.48. The van der Waals surface area contributed by atoms with Gasteiger partial charge in [0.05, 0.1) is 17.1 Å². The Bertz CT molecular complexity index is 1010. The maximum absolute atomic E-state index is 12.9. The Morgan fingerprint density at radius 3 is 2.34 bits per heavy atom. The van der Waals surface area contributed by atoms with E-state index < -0.39 is 10.0 Å². The van der Waals surface area contributed by atoms with Gasteiger partial charge in [-0.15, -0.1) is 0 Å². The van der Waals surface area contributed by atoms with Crippen molar-refractivity contribution in [3.8, 4) is 0 Å². The van der Waals surface area contributed by atoms with Gasteiger partial charge in [0.2, 0.25) is 10.0 Å². The largest absolute Gasteiger partial charge is 0.373 e. The number of amides is 1. The molecular formula is C22H26N2O4S. The van der Waals surface area contributed by atoms with E-state index in [-0.39, 0.29) is 23.0 Å². The fourth-order valence-electron chi connectivity index (χ4n) is 4.11. The fourth-order valence-corrected chi connectivity index (χ4v) is 5.70. The van der Waals surface area contributed by atoms with E-state index in [1.807, 2.05) is 26.0 Å². The predicted octanol–water partition coefficient (Wildman–Crippen LogP) is 3.23. The van der Waals surface area contributed by atoms with Crippen molar-refractivity contribution in [1.82, 2.24) is 4.31 Å². The summed E-state index contributed by atoms with van der Waals surface area (Å²) >= 11 is 0. The molecule has 154 valence electrons. The number of hydrogen-bond acceptors (Lipinski definition) is 4. The second kappa shape index (κ2) is 7.89. The van der Waals surface area contributed by atoms with Crippen LogP contribution in [0.15, 0.2) is 47.4 Å². The van der Waals surface area contributed by atoms with Crippen LogP contribution in [0.25, 0.3) is 0 Å². The van der Waals surface area contributed by atoms with E-state index in [1.54, 1.807) is 12.1 Å².